The van der Waals surface area contributed by atoms with Crippen LogP contribution in [0.4, 0.5) is 10.5 Å². The summed E-state index contributed by atoms with van der Waals surface area (Å²) < 4.78 is 7.43. The number of carbonyl (C=O) groups excluding carboxylic acids is 2. The quantitative estimate of drug-likeness (QED) is 0.549. The molecule has 0 fully saturated rings. The Morgan fingerprint density at radius 3 is 2.66 bits per heavy atom. The summed E-state index contributed by atoms with van der Waals surface area (Å²) in [4.78, 5) is 28.4. The van der Waals surface area contributed by atoms with Crippen LogP contribution in [0.2, 0.25) is 0 Å². The van der Waals surface area contributed by atoms with Crippen LogP contribution in [-0.4, -0.2) is 28.7 Å². The van der Waals surface area contributed by atoms with Crippen LogP contribution in [0.1, 0.15) is 38.3 Å². The van der Waals surface area contributed by atoms with E-state index < -0.39 is 11.7 Å². The number of aromatic nitrogens is 1. The molecule has 0 unspecified atom stereocenters. The van der Waals surface area contributed by atoms with Crippen LogP contribution in [0.3, 0.4) is 0 Å². The van der Waals surface area contributed by atoms with E-state index in [-0.39, 0.29) is 12.3 Å². The largest absolute Gasteiger partial charge is 0.443 e. The number of nitrogens with zero attached hydrogens (tertiary/aromatic N) is 2. The Balaban J connectivity index is 1.87. The van der Waals surface area contributed by atoms with Crippen molar-refractivity contribution in [1.29, 1.82) is 0 Å². The zero-order valence-corrected chi connectivity index (χ0v) is 17.0. The van der Waals surface area contributed by atoms with Gasteiger partial charge < -0.3 is 9.64 Å². The lowest BCUT2D eigenvalue weighted by Gasteiger charge is -2.30. The van der Waals surface area contributed by atoms with E-state index in [1.807, 2.05) is 62.1 Å². The maximum Gasteiger partial charge on any atom is 0.419 e. The third kappa shape index (κ3) is 2.76. The van der Waals surface area contributed by atoms with Gasteiger partial charge in [-0.25, -0.2) is 9.36 Å². The maximum atomic E-state index is 13.3. The van der Waals surface area contributed by atoms with E-state index in [0.29, 0.717) is 0 Å². The lowest BCUT2D eigenvalue weighted by Crippen LogP contribution is -2.36. The van der Waals surface area contributed by atoms with E-state index >= 15 is 0 Å². The highest BCUT2D eigenvalue weighted by molar-refractivity contribution is 6.10. The zero-order chi connectivity index (χ0) is 20.3. The first-order valence-electron chi connectivity index (χ1n) is 10.1. The molecule has 0 saturated carbocycles. The molecule has 0 spiro atoms. The van der Waals surface area contributed by atoms with Gasteiger partial charge >= 0.3 is 6.09 Å². The van der Waals surface area contributed by atoms with E-state index in [9.17, 15) is 9.59 Å². The minimum absolute atomic E-state index is 0.0873. The summed E-state index contributed by atoms with van der Waals surface area (Å²) in [6.45, 7) is 6.32. The molecule has 3 heterocycles. The number of hydrogen-bond donors (Lipinski definition) is 0. The summed E-state index contributed by atoms with van der Waals surface area (Å²) in [7, 11) is 0. The second kappa shape index (κ2) is 6.21. The lowest BCUT2D eigenvalue weighted by atomic mass is 9.96. The molecule has 2 aliphatic heterocycles. The molecule has 1 aromatic heterocycles. The molecule has 3 aromatic rings. The van der Waals surface area contributed by atoms with Crippen LogP contribution in [0.5, 0.6) is 0 Å². The first-order valence-corrected chi connectivity index (χ1v) is 10.1. The number of benzene rings is 2. The van der Waals surface area contributed by atoms with Crippen molar-refractivity contribution >= 4 is 28.6 Å². The van der Waals surface area contributed by atoms with Crippen LogP contribution >= 0.6 is 0 Å². The van der Waals surface area contributed by atoms with Gasteiger partial charge in [0.1, 0.15) is 5.60 Å². The normalized spacial score (nSPS) is 15.7. The molecule has 0 bridgehead atoms. The van der Waals surface area contributed by atoms with Crippen molar-refractivity contribution in [3.63, 3.8) is 0 Å². The van der Waals surface area contributed by atoms with Crippen LogP contribution in [0, 0.1) is 0 Å². The van der Waals surface area contributed by atoms with Gasteiger partial charge in [0, 0.05) is 17.5 Å². The standard InChI is InChI=1S/C24H24N2O3/c1-24(2,3)29-23(28)26-19-12-5-4-10-16(19)18-14-20(27)25-13-7-9-15-8-6-11-17(21(15)25)22(18)26/h4-6,8,10-12H,7,9,13-14H2,1-3H3. The summed E-state index contributed by atoms with van der Waals surface area (Å²) in [5, 5.41) is 0.930. The first kappa shape index (κ1) is 18.0. The summed E-state index contributed by atoms with van der Waals surface area (Å²) in [6.07, 6.45) is 1.76. The van der Waals surface area contributed by atoms with Gasteiger partial charge in [0.2, 0.25) is 5.91 Å². The van der Waals surface area contributed by atoms with Crippen molar-refractivity contribution in [2.45, 2.75) is 45.6 Å². The van der Waals surface area contributed by atoms with Gasteiger partial charge in [-0.3, -0.25) is 4.79 Å². The fourth-order valence-corrected chi connectivity index (χ4v) is 4.60. The summed E-state index contributed by atoms with van der Waals surface area (Å²) in [5.41, 5.74) is 4.91. The Labute approximate surface area is 169 Å². The monoisotopic (exact) mass is 388 g/mol. The fraction of sp³-hybridized carbons (Fsp3) is 0.333. The SMILES string of the molecule is CC(C)(C)OC(=O)n1c2c(c3ccccc31)CC(=O)N1CCCc3cccc-2c31. The van der Waals surface area contributed by atoms with Crippen molar-refractivity contribution in [1.82, 2.24) is 4.57 Å². The maximum absolute atomic E-state index is 13.3. The van der Waals surface area contributed by atoms with Crippen LogP contribution in [0.25, 0.3) is 22.2 Å². The van der Waals surface area contributed by atoms with Crippen LogP contribution in [0.15, 0.2) is 42.5 Å². The second-order valence-electron chi connectivity index (χ2n) is 8.80. The molecule has 5 heteroatoms. The van der Waals surface area contributed by atoms with E-state index in [4.69, 9.17) is 4.74 Å². The van der Waals surface area contributed by atoms with Crippen LogP contribution < -0.4 is 4.90 Å². The van der Waals surface area contributed by atoms with E-state index in [2.05, 4.69) is 6.07 Å². The predicted molar refractivity (Wildman–Crippen MR) is 113 cm³/mol. The Morgan fingerprint density at radius 1 is 1.07 bits per heavy atom. The number of anilines is 1. The summed E-state index contributed by atoms with van der Waals surface area (Å²) in [6, 6.07) is 13.9. The van der Waals surface area contributed by atoms with E-state index in [1.165, 1.54) is 0 Å². The average molecular weight is 388 g/mol. The van der Waals surface area contributed by atoms with Gasteiger partial charge in [-0.05, 0) is 50.8 Å². The topological polar surface area (TPSA) is 51.5 Å². The van der Waals surface area contributed by atoms with Crippen LogP contribution in [-0.2, 0) is 22.4 Å². The van der Waals surface area contributed by atoms with Crippen molar-refractivity contribution in [3.05, 3.63) is 53.6 Å². The first-order chi connectivity index (χ1) is 13.8. The highest BCUT2D eigenvalue weighted by Crippen LogP contribution is 2.45. The number of rotatable bonds is 0. The fourth-order valence-electron chi connectivity index (χ4n) is 4.60. The molecule has 2 aromatic carbocycles. The molecule has 0 N–H and O–H groups in total. The molecular formula is C24H24N2O3. The molecule has 148 valence electrons. The van der Waals surface area contributed by atoms with Crippen molar-refractivity contribution in [2.75, 3.05) is 11.4 Å². The number of fused-ring (bicyclic) bond motifs is 4. The number of hydrogen-bond acceptors (Lipinski definition) is 3. The number of carbonyl (C=O) groups is 2. The zero-order valence-electron chi connectivity index (χ0n) is 17.0. The van der Waals surface area contributed by atoms with Gasteiger partial charge in [-0.1, -0.05) is 36.4 Å². The minimum atomic E-state index is -0.613. The van der Waals surface area contributed by atoms with Gasteiger partial charge in [0.05, 0.1) is 23.3 Å². The Hall–Kier alpha value is -3.08. The Kier molecular flexibility index (Phi) is 3.85. The molecular weight excluding hydrogens is 364 g/mol. The summed E-state index contributed by atoms with van der Waals surface area (Å²) in [5.74, 6) is 0.0873. The minimum Gasteiger partial charge on any atom is -0.443 e. The number of ether oxygens (including phenoxy) is 1. The number of amides is 1. The third-order valence-electron chi connectivity index (χ3n) is 5.66. The van der Waals surface area contributed by atoms with E-state index in [1.54, 1.807) is 4.57 Å². The van der Waals surface area contributed by atoms with Crippen molar-refractivity contribution in [3.8, 4) is 11.3 Å². The van der Waals surface area contributed by atoms with E-state index in [0.717, 1.165) is 58.4 Å². The van der Waals surface area contributed by atoms with Crippen molar-refractivity contribution < 1.29 is 14.3 Å². The molecule has 1 amide bonds. The number of para-hydroxylation sites is 2. The molecule has 5 nitrogen and oxygen atoms in total. The highest BCUT2D eigenvalue weighted by Gasteiger charge is 2.35. The molecule has 0 atom stereocenters. The molecule has 5 rings (SSSR count). The molecule has 0 radical (unpaired) electrons. The Morgan fingerprint density at radius 2 is 1.86 bits per heavy atom. The van der Waals surface area contributed by atoms with Gasteiger partial charge in [-0.2, -0.15) is 0 Å². The third-order valence-corrected chi connectivity index (χ3v) is 5.66. The predicted octanol–water partition coefficient (Wildman–Crippen LogP) is 4.93. The highest BCUT2D eigenvalue weighted by atomic mass is 16.6. The smallest absolute Gasteiger partial charge is 0.419 e. The van der Waals surface area contributed by atoms with Gasteiger partial charge in [0.25, 0.3) is 0 Å². The lowest BCUT2D eigenvalue weighted by molar-refractivity contribution is -0.118. The molecule has 29 heavy (non-hydrogen) atoms. The van der Waals surface area contributed by atoms with Crippen molar-refractivity contribution in [2.24, 2.45) is 0 Å². The Bertz CT molecular complexity index is 1170. The molecule has 2 aliphatic rings. The average Bonchev–Trinajstić information content (AvgIpc) is 2.93. The number of aryl methyl sites for hydroxylation is 1. The summed E-state index contributed by atoms with van der Waals surface area (Å²) >= 11 is 0. The second-order valence-corrected chi connectivity index (χ2v) is 8.80. The molecule has 0 aliphatic carbocycles. The van der Waals surface area contributed by atoms with Gasteiger partial charge in [-0.15, -0.1) is 0 Å². The molecule has 0 saturated heterocycles. The van der Waals surface area contributed by atoms with Gasteiger partial charge in [0.15, 0.2) is 0 Å².